The number of ether oxygens (including phenoxy) is 2. The van der Waals surface area contributed by atoms with Crippen LogP contribution in [-0.4, -0.2) is 55.5 Å². The Kier molecular flexibility index (Phi) is 7.24. The summed E-state index contributed by atoms with van der Waals surface area (Å²) in [6, 6.07) is 15.3. The van der Waals surface area contributed by atoms with Crippen LogP contribution in [0.2, 0.25) is 0 Å². The molecule has 1 saturated carbocycles. The second kappa shape index (κ2) is 10.5. The van der Waals surface area contributed by atoms with Gasteiger partial charge in [0, 0.05) is 12.5 Å². The molecule has 0 unspecified atom stereocenters. The molecule has 0 spiro atoms. The molecule has 33 heavy (non-hydrogen) atoms. The van der Waals surface area contributed by atoms with E-state index in [-0.39, 0.29) is 32.3 Å². The van der Waals surface area contributed by atoms with Crippen molar-refractivity contribution in [2.45, 2.75) is 31.2 Å². The van der Waals surface area contributed by atoms with Gasteiger partial charge in [-0.15, -0.1) is 0 Å². The Balaban J connectivity index is 1.15. The molecular weight excluding hydrogens is 424 g/mol. The highest BCUT2D eigenvalue weighted by molar-refractivity contribution is 5.84. The standard InChI is InChI=1S/C25H28N2O6/c28-23(27-22(24(29)30)13-16-9-10-16)15-32-12-11-26-25(31)33-14-21-19-7-3-1-5-17(19)18-6-2-4-8-20(18)21/h1-8,16,21-22H,9-15H2,(H,26,31)(H,27,28)(H,29,30)/t22-/m0/s1. The van der Waals surface area contributed by atoms with Crippen molar-refractivity contribution in [1.82, 2.24) is 10.6 Å². The van der Waals surface area contributed by atoms with E-state index in [4.69, 9.17) is 9.47 Å². The third kappa shape index (κ3) is 5.90. The Bertz CT molecular complexity index is 974. The van der Waals surface area contributed by atoms with Gasteiger partial charge in [0.1, 0.15) is 19.3 Å². The highest BCUT2D eigenvalue weighted by Gasteiger charge is 2.30. The van der Waals surface area contributed by atoms with Gasteiger partial charge in [-0.3, -0.25) is 4.79 Å². The van der Waals surface area contributed by atoms with Crippen LogP contribution in [0.15, 0.2) is 48.5 Å². The molecule has 8 heteroatoms. The van der Waals surface area contributed by atoms with Crippen LogP contribution in [0.1, 0.15) is 36.3 Å². The van der Waals surface area contributed by atoms with Crippen LogP contribution < -0.4 is 10.6 Å². The van der Waals surface area contributed by atoms with Crippen LogP contribution in [0.4, 0.5) is 4.79 Å². The van der Waals surface area contributed by atoms with Gasteiger partial charge in [0.25, 0.3) is 0 Å². The van der Waals surface area contributed by atoms with E-state index in [9.17, 15) is 19.5 Å². The fraction of sp³-hybridized carbons (Fsp3) is 0.400. The summed E-state index contributed by atoms with van der Waals surface area (Å²) in [4.78, 5) is 35.2. The number of alkyl carbamates (subject to hydrolysis) is 1. The average molecular weight is 453 g/mol. The summed E-state index contributed by atoms with van der Waals surface area (Å²) in [7, 11) is 0. The lowest BCUT2D eigenvalue weighted by atomic mass is 9.98. The molecule has 174 valence electrons. The number of carbonyl (C=O) groups excluding carboxylic acids is 2. The third-order valence-electron chi connectivity index (χ3n) is 5.99. The summed E-state index contributed by atoms with van der Waals surface area (Å²) in [5, 5.41) is 14.3. The first-order chi connectivity index (χ1) is 16.0. The van der Waals surface area contributed by atoms with E-state index in [0.717, 1.165) is 35.1 Å². The Labute approximate surface area is 192 Å². The lowest BCUT2D eigenvalue weighted by Gasteiger charge is -2.15. The number of amides is 2. The predicted molar refractivity (Wildman–Crippen MR) is 121 cm³/mol. The van der Waals surface area contributed by atoms with Crippen molar-refractivity contribution in [3.8, 4) is 11.1 Å². The monoisotopic (exact) mass is 452 g/mol. The number of fused-ring (bicyclic) bond motifs is 3. The van der Waals surface area contributed by atoms with Gasteiger partial charge in [0.2, 0.25) is 5.91 Å². The first kappa shape index (κ1) is 22.8. The van der Waals surface area contributed by atoms with Crippen molar-refractivity contribution in [3.63, 3.8) is 0 Å². The van der Waals surface area contributed by atoms with Crippen LogP contribution in [0, 0.1) is 5.92 Å². The maximum atomic E-state index is 12.1. The van der Waals surface area contributed by atoms with Crippen LogP contribution in [0.5, 0.6) is 0 Å². The number of hydrogen-bond acceptors (Lipinski definition) is 5. The molecule has 0 aromatic heterocycles. The van der Waals surface area contributed by atoms with Crippen molar-refractivity contribution in [2.24, 2.45) is 5.92 Å². The maximum absolute atomic E-state index is 12.1. The minimum atomic E-state index is -1.04. The van der Waals surface area contributed by atoms with Crippen molar-refractivity contribution >= 4 is 18.0 Å². The minimum absolute atomic E-state index is 0.0130. The summed E-state index contributed by atoms with van der Waals surface area (Å²) >= 11 is 0. The summed E-state index contributed by atoms with van der Waals surface area (Å²) in [5.74, 6) is -1.15. The Morgan fingerprint density at radius 2 is 1.64 bits per heavy atom. The van der Waals surface area contributed by atoms with Crippen LogP contribution >= 0.6 is 0 Å². The molecule has 1 atom stereocenters. The third-order valence-corrected chi connectivity index (χ3v) is 5.99. The number of carboxylic acid groups (broad SMARTS) is 1. The van der Waals surface area contributed by atoms with E-state index in [2.05, 4.69) is 34.9 Å². The average Bonchev–Trinajstić information content (AvgIpc) is 3.57. The lowest BCUT2D eigenvalue weighted by molar-refractivity contribution is -0.142. The van der Waals surface area contributed by atoms with Crippen LogP contribution in [0.3, 0.4) is 0 Å². The number of rotatable bonds is 11. The number of carboxylic acids is 1. The van der Waals surface area contributed by atoms with E-state index in [0.29, 0.717) is 12.3 Å². The Morgan fingerprint density at radius 3 is 2.24 bits per heavy atom. The highest BCUT2D eigenvalue weighted by Crippen LogP contribution is 2.44. The van der Waals surface area contributed by atoms with Gasteiger partial charge >= 0.3 is 12.1 Å². The van der Waals surface area contributed by atoms with Crippen LogP contribution in [0.25, 0.3) is 11.1 Å². The van der Waals surface area contributed by atoms with Gasteiger partial charge in [-0.2, -0.15) is 0 Å². The van der Waals surface area contributed by atoms with Crippen molar-refractivity contribution in [3.05, 3.63) is 59.7 Å². The van der Waals surface area contributed by atoms with E-state index >= 15 is 0 Å². The molecule has 2 aromatic rings. The molecule has 1 fully saturated rings. The summed E-state index contributed by atoms with van der Waals surface area (Å²) in [6.07, 6.45) is 1.92. The number of hydrogen-bond donors (Lipinski definition) is 3. The molecule has 0 bridgehead atoms. The van der Waals surface area contributed by atoms with Gasteiger partial charge in [-0.1, -0.05) is 61.4 Å². The van der Waals surface area contributed by atoms with E-state index in [1.54, 1.807) is 0 Å². The summed E-state index contributed by atoms with van der Waals surface area (Å²) in [6.45, 7) is 0.244. The Hall–Kier alpha value is -3.39. The molecule has 0 radical (unpaired) electrons. The molecule has 2 aliphatic rings. The zero-order valence-electron chi connectivity index (χ0n) is 18.3. The Morgan fingerprint density at radius 1 is 1.00 bits per heavy atom. The van der Waals surface area contributed by atoms with Crippen LogP contribution in [-0.2, 0) is 19.1 Å². The quantitative estimate of drug-likeness (QED) is 0.452. The molecule has 2 aromatic carbocycles. The maximum Gasteiger partial charge on any atom is 0.407 e. The van der Waals surface area contributed by atoms with Crippen molar-refractivity contribution < 1.29 is 29.0 Å². The fourth-order valence-corrected chi connectivity index (χ4v) is 4.18. The SMILES string of the molecule is O=C(COCCNC(=O)OCC1c2ccccc2-c2ccccc21)N[C@@H](CC1CC1)C(=O)O. The molecule has 2 amide bonds. The molecule has 8 nitrogen and oxygen atoms in total. The smallest absolute Gasteiger partial charge is 0.407 e. The van der Waals surface area contributed by atoms with E-state index < -0.39 is 24.0 Å². The number of nitrogens with one attached hydrogen (secondary N) is 2. The number of aliphatic carboxylic acids is 1. The van der Waals surface area contributed by atoms with Gasteiger partial charge in [-0.05, 0) is 34.6 Å². The van der Waals surface area contributed by atoms with Crippen molar-refractivity contribution in [1.29, 1.82) is 0 Å². The van der Waals surface area contributed by atoms with E-state index in [1.165, 1.54) is 0 Å². The number of carbonyl (C=O) groups is 3. The topological polar surface area (TPSA) is 114 Å². The molecule has 0 aliphatic heterocycles. The van der Waals surface area contributed by atoms with Gasteiger partial charge in [-0.25, -0.2) is 9.59 Å². The molecular formula is C25H28N2O6. The van der Waals surface area contributed by atoms with Gasteiger partial charge < -0.3 is 25.2 Å². The summed E-state index contributed by atoms with van der Waals surface area (Å²) < 4.78 is 10.7. The molecule has 0 heterocycles. The zero-order chi connectivity index (χ0) is 23.2. The highest BCUT2D eigenvalue weighted by atomic mass is 16.5. The predicted octanol–water partition coefficient (Wildman–Crippen LogP) is 2.91. The minimum Gasteiger partial charge on any atom is -0.480 e. The number of benzene rings is 2. The molecule has 2 aliphatic carbocycles. The second-order valence-corrected chi connectivity index (χ2v) is 8.44. The molecule has 4 rings (SSSR count). The first-order valence-electron chi connectivity index (χ1n) is 11.2. The largest absolute Gasteiger partial charge is 0.480 e. The first-order valence-corrected chi connectivity index (χ1v) is 11.2. The van der Waals surface area contributed by atoms with E-state index in [1.807, 2.05) is 24.3 Å². The zero-order valence-corrected chi connectivity index (χ0v) is 18.3. The van der Waals surface area contributed by atoms with Crippen molar-refractivity contribution in [2.75, 3.05) is 26.4 Å². The molecule has 0 saturated heterocycles. The molecule has 3 N–H and O–H groups in total. The fourth-order valence-electron chi connectivity index (χ4n) is 4.18. The van der Waals surface area contributed by atoms with Gasteiger partial charge in [0.15, 0.2) is 0 Å². The lowest BCUT2D eigenvalue weighted by Crippen LogP contribution is -2.43. The van der Waals surface area contributed by atoms with Gasteiger partial charge in [0.05, 0.1) is 6.61 Å². The normalized spacial score (nSPS) is 15.3. The second-order valence-electron chi connectivity index (χ2n) is 8.44. The summed E-state index contributed by atoms with van der Waals surface area (Å²) in [5.41, 5.74) is 4.61.